The van der Waals surface area contributed by atoms with E-state index in [1.54, 1.807) is 18.2 Å². The molecule has 0 saturated heterocycles. The van der Waals surface area contributed by atoms with Crippen molar-refractivity contribution in [2.45, 2.75) is 6.10 Å². The highest BCUT2D eigenvalue weighted by Crippen LogP contribution is 2.26. The van der Waals surface area contributed by atoms with Gasteiger partial charge in [-0.25, -0.2) is 0 Å². The van der Waals surface area contributed by atoms with E-state index in [9.17, 15) is 4.79 Å². The van der Waals surface area contributed by atoms with Crippen LogP contribution in [0.4, 0.5) is 5.69 Å². The molecular formula is C15H13BrClNO2. The van der Waals surface area contributed by atoms with Crippen molar-refractivity contribution in [3.63, 3.8) is 0 Å². The molecule has 1 N–H and O–H groups in total. The second-order valence-corrected chi connectivity index (χ2v) is 5.41. The molecule has 0 spiro atoms. The summed E-state index contributed by atoms with van der Waals surface area (Å²) in [5, 5.41) is 3.33. The number of carbonyl (C=O) groups is 1. The van der Waals surface area contributed by atoms with Crippen LogP contribution in [0.2, 0.25) is 5.02 Å². The molecule has 0 aliphatic rings. The molecular weight excluding hydrogens is 342 g/mol. The number of rotatable bonds is 4. The van der Waals surface area contributed by atoms with Gasteiger partial charge in [0.25, 0.3) is 5.91 Å². The van der Waals surface area contributed by atoms with Crippen molar-refractivity contribution >= 4 is 39.1 Å². The number of hydrogen-bond acceptors (Lipinski definition) is 2. The first-order valence-corrected chi connectivity index (χ1v) is 7.12. The molecule has 5 heteroatoms. The first kappa shape index (κ1) is 15.0. The monoisotopic (exact) mass is 353 g/mol. The Balaban J connectivity index is 2.15. The van der Waals surface area contributed by atoms with Gasteiger partial charge in [-0.15, -0.1) is 0 Å². The molecule has 1 atom stereocenters. The lowest BCUT2D eigenvalue weighted by Crippen LogP contribution is -2.22. The number of nitrogens with one attached hydrogen (secondary N) is 1. The second-order valence-electron chi connectivity index (χ2n) is 4.14. The number of halogens is 2. The third kappa shape index (κ3) is 3.60. The quantitative estimate of drug-likeness (QED) is 0.882. The Kier molecular flexibility index (Phi) is 5.17. The summed E-state index contributed by atoms with van der Waals surface area (Å²) in [5.74, 6) is -0.239. The zero-order valence-corrected chi connectivity index (χ0v) is 13.1. The number of hydrogen-bond donors (Lipinski definition) is 1. The summed E-state index contributed by atoms with van der Waals surface area (Å²) < 4.78 is 6.05. The molecule has 3 nitrogen and oxygen atoms in total. The van der Waals surface area contributed by atoms with E-state index in [1.807, 2.05) is 30.3 Å². The molecule has 1 amide bonds. The third-order valence-electron chi connectivity index (χ3n) is 2.76. The van der Waals surface area contributed by atoms with Gasteiger partial charge in [0, 0.05) is 17.3 Å². The fraction of sp³-hybridized carbons (Fsp3) is 0.133. The molecule has 0 aliphatic heterocycles. The van der Waals surface area contributed by atoms with Gasteiger partial charge in [0.2, 0.25) is 0 Å². The van der Waals surface area contributed by atoms with Gasteiger partial charge < -0.3 is 10.1 Å². The van der Waals surface area contributed by atoms with Gasteiger partial charge in [-0.3, -0.25) is 4.79 Å². The molecule has 104 valence electrons. The Morgan fingerprint density at radius 1 is 1.25 bits per heavy atom. The lowest BCUT2D eigenvalue weighted by Gasteiger charge is -2.15. The zero-order valence-electron chi connectivity index (χ0n) is 10.8. The lowest BCUT2D eigenvalue weighted by molar-refractivity contribution is -0.126. The first-order valence-electron chi connectivity index (χ1n) is 5.95. The minimum atomic E-state index is -0.654. The average Bonchev–Trinajstić information content (AvgIpc) is 2.45. The van der Waals surface area contributed by atoms with E-state index in [1.165, 1.54) is 7.11 Å². The molecule has 0 bridgehead atoms. The van der Waals surface area contributed by atoms with E-state index in [0.717, 1.165) is 10.0 Å². The van der Waals surface area contributed by atoms with Gasteiger partial charge in [0.15, 0.2) is 6.10 Å². The Labute approximate surface area is 131 Å². The van der Waals surface area contributed by atoms with Crippen molar-refractivity contribution in [2.24, 2.45) is 0 Å². The Bertz CT molecular complexity index is 604. The van der Waals surface area contributed by atoms with Crippen LogP contribution in [0.5, 0.6) is 0 Å². The van der Waals surface area contributed by atoms with Crippen molar-refractivity contribution in [1.29, 1.82) is 0 Å². The third-order valence-corrected chi connectivity index (χ3v) is 4.00. The van der Waals surface area contributed by atoms with E-state index in [0.29, 0.717) is 10.7 Å². The highest BCUT2D eigenvalue weighted by Gasteiger charge is 2.19. The topological polar surface area (TPSA) is 38.3 Å². The van der Waals surface area contributed by atoms with Crippen LogP contribution in [0.3, 0.4) is 0 Å². The second kappa shape index (κ2) is 6.88. The maximum atomic E-state index is 12.2. The van der Waals surface area contributed by atoms with E-state index < -0.39 is 6.10 Å². The molecule has 0 fully saturated rings. The standard InChI is InChI=1S/C15H13BrClNO2/c1-20-14(10-5-3-2-4-6-10)15(19)18-11-7-8-12(16)13(17)9-11/h2-9,14H,1H3,(H,18,19). The van der Waals surface area contributed by atoms with Crippen LogP contribution in [-0.2, 0) is 9.53 Å². The number of anilines is 1. The Morgan fingerprint density at radius 3 is 2.55 bits per heavy atom. The normalized spacial score (nSPS) is 11.9. The highest BCUT2D eigenvalue weighted by molar-refractivity contribution is 9.10. The van der Waals surface area contributed by atoms with Crippen molar-refractivity contribution in [1.82, 2.24) is 0 Å². The van der Waals surface area contributed by atoms with Gasteiger partial charge in [-0.05, 0) is 39.7 Å². The molecule has 0 aliphatic carbocycles. The molecule has 2 rings (SSSR count). The first-order chi connectivity index (χ1) is 9.61. The van der Waals surface area contributed by atoms with Crippen LogP contribution in [0.25, 0.3) is 0 Å². The number of benzene rings is 2. The van der Waals surface area contributed by atoms with Crippen molar-refractivity contribution in [2.75, 3.05) is 12.4 Å². The number of amides is 1. The van der Waals surface area contributed by atoms with Crippen LogP contribution in [-0.4, -0.2) is 13.0 Å². The van der Waals surface area contributed by atoms with Gasteiger partial charge in [-0.2, -0.15) is 0 Å². The van der Waals surface area contributed by atoms with Crippen molar-refractivity contribution < 1.29 is 9.53 Å². The SMILES string of the molecule is COC(C(=O)Nc1ccc(Br)c(Cl)c1)c1ccccc1. The molecule has 2 aromatic rings. The fourth-order valence-corrected chi connectivity index (χ4v) is 2.23. The van der Waals surface area contributed by atoms with Crippen molar-refractivity contribution in [3.05, 3.63) is 63.6 Å². The van der Waals surface area contributed by atoms with Gasteiger partial charge in [0.1, 0.15) is 0 Å². The van der Waals surface area contributed by atoms with Crippen LogP contribution >= 0.6 is 27.5 Å². The van der Waals surface area contributed by atoms with Crippen LogP contribution < -0.4 is 5.32 Å². The molecule has 1 unspecified atom stereocenters. The number of carbonyl (C=O) groups excluding carboxylic acids is 1. The Morgan fingerprint density at radius 2 is 1.95 bits per heavy atom. The maximum Gasteiger partial charge on any atom is 0.258 e. The van der Waals surface area contributed by atoms with Crippen LogP contribution in [0, 0.1) is 0 Å². The summed E-state index contributed by atoms with van der Waals surface area (Å²) in [4.78, 5) is 12.2. The summed E-state index contributed by atoms with van der Waals surface area (Å²) in [6.45, 7) is 0. The van der Waals surface area contributed by atoms with E-state index in [2.05, 4.69) is 21.2 Å². The molecule has 0 saturated carbocycles. The fourth-order valence-electron chi connectivity index (χ4n) is 1.80. The molecule has 2 aromatic carbocycles. The highest BCUT2D eigenvalue weighted by atomic mass is 79.9. The number of ether oxygens (including phenoxy) is 1. The summed E-state index contributed by atoms with van der Waals surface area (Å²) >= 11 is 9.30. The lowest BCUT2D eigenvalue weighted by atomic mass is 10.1. The number of methoxy groups -OCH3 is 1. The van der Waals surface area contributed by atoms with Gasteiger partial charge in [-0.1, -0.05) is 41.9 Å². The van der Waals surface area contributed by atoms with Crippen LogP contribution in [0.1, 0.15) is 11.7 Å². The van der Waals surface area contributed by atoms with Crippen LogP contribution in [0.15, 0.2) is 53.0 Å². The predicted molar refractivity (Wildman–Crippen MR) is 84.0 cm³/mol. The maximum absolute atomic E-state index is 12.2. The smallest absolute Gasteiger partial charge is 0.258 e. The largest absolute Gasteiger partial charge is 0.367 e. The summed E-state index contributed by atoms with van der Waals surface area (Å²) in [7, 11) is 1.51. The molecule has 0 heterocycles. The zero-order chi connectivity index (χ0) is 14.5. The van der Waals surface area contributed by atoms with E-state index >= 15 is 0 Å². The summed E-state index contributed by atoms with van der Waals surface area (Å²) in [6.07, 6.45) is -0.654. The van der Waals surface area contributed by atoms with E-state index in [-0.39, 0.29) is 5.91 Å². The minimum Gasteiger partial charge on any atom is -0.367 e. The van der Waals surface area contributed by atoms with Crippen molar-refractivity contribution in [3.8, 4) is 0 Å². The minimum absolute atomic E-state index is 0.239. The summed E-state index contributed by atoms with van der Waals surface area (Å²) in [6, 6.07) is 14.6. The van der Waals surface area contributed by atoms with Gasteiger partial charge in [0.05, 0.1) is 5.02 Å². The van der Waals surface area contributed by atoms with Gasteiger partial charge >= 0.3 is 0 Å². The molecule has 20 heavy (non-hydrogen) atoms. The summed E-state index contributed by atoms with van der Waals surface area (Å²) in [5.41, 5.74) is 1.43. The van der Waals surface area contributed by atoms with E-state index in [4.69, 9.17) is 16.3 Å². The predicted octanol–water partition coefficient (Wildman–Crippen LogP) is 4.43. The molecule has 0 aromatic heterocycles. The molecule has 0 radical (unpaired) electrons. The average molecular weight is 355 g/mol. The Hall–Kier alpha value is -1.36.